The van der Waals surface area contributed by atoms with Crippen molar-refractivity contribution in [2.45, 2.75) is 19.6 Å². The highest BCUT2D eigenvalue weighted by Gasteiger charge is 2.10. The Morgan fingerprint density at radius 3 is 2.62 bits per heavy atom. The number of aliphatic hydroxyl groups is 1. The molecule has 112 valence electrons. The molecule has 3 nitrogen and oxygen atoms in total. The molecular formula is C16H16ClFO3. The van der Waals surface area contributed by atoms with Crippen LogP contribution in [0.1, 0.15) is 24.2 Å². The van der Waals surface area contributed by atoms with Crippen LogP contribution in [0.5, 0.6) is 11.5 Å². The first-order chi connectivity index (χ1) is 10.0. The average molecular weight is 311 g/mol. The highest BCUT2D eigenvalue weighted by atomic mass is 35.5. The molecule has 0 aliphatic rings. The fraction of sp³-hybridized carbons (Fsp3) is 0.250. The summed E-state index contributed by atoms with van der Waals surface area (Å²) in [7, 11) is 1.51. The Morgan fingerprint density at radius 2 is 1.95 bits per heavy atom. The molecule has 5 heteroatoms. The zero-order chi connectivity index (χ0) is 15.4. The highest BCUT2D eigenvalue weighted by molar-refractivity contribution is 6.30. The summed E-state index contributed by atoms with van der Waals surface area (Å²) in [6, 6.07) is 9.41. The van der Waals surface area contributed by atoms with Gasteiger partial charge in [0, 0.05) is 10.6 Å². The van der Waals surface area contributed by atoms with Gasteiger partial charge in [0.05, 0.1) is 13.2 Å². The van der Waals surface area contributed by atoms with Gasteiger partial charge in [-0.25, -0.2) is 4.39 Å². The maximum absolute atomic E-state index is 13.6. The fourth-order valence-corrected chi connectivity index (χ4v) is 2.07. The number of methoxy groups -OCH3 is 1. The molecule has 1 N–H and O–H groups in total. The molecule has 0 heterocycles. The average Bonchev–Trinajstić information content (AvgIpc) is 2.47. The third-order valence-electron chi connectivity index (χ3n) is 3.06. The SMILES string of the molecule is COc1cc(C(C)O)ccc1OCc1cc(Cl)ccc1F. The van der Waals surface area contributed by atoms with Crippen molar-refractivity contribution >= 4 is 11.6 Å². The minimum Gasteiger partial charge on any atom is -0.493 e. The molecule has 0 amide bonds. The smallest absolute Gasteiger partial charge is 0.161 e. The summed E-state index contributed by atoms with van der Waals surface area (Å²) in [5.74, 6) is 0.580. The summed E-state index contributed by atoms with van der Waals surface area (Å²) in [5.41, 5.74) is 1.08. The van der Waals surface area contributed by atoms with E-state index >= 15 is 0 Å². The molecule has 0 saturated heterocycles. The molecule has 2 rings (SSSR count). The maximum atomic E-state index is 13.6. The normalized spacial score (nSPS) is 12.0. The third-order valence-corrected chi connectivity index (χ3v) is 3.30. The molecule has 0 fully saturated rings. The molecule has 21 heavy (non-hydrogen) atoms. The second-order valence-electron chi connectivity index (χ2n) is 4.61. The predicted molar refractivity (Wildman–Crippen MR) is 79.4 cm³/mol. The van der Waals surface area contributed by atoms with E-state index in [0.717, 1.165) is 0 Å². The predicted octanol–water partition coefficient (Wildman–Crippen LogP) is 4.12. The number of rotatable bonds is 5. The quantitative estimate of drug-likeness (QED) is 0.903. The molecule has 0 aliphatic heterocycles. The van der Waals surface area contributed by atoms with Crippen LogP contribution in [-0.4, -0.2) is 12.2 Å². The van der Waals surface area contributed by atoms with E-state index in [4.69, 9.17) is 21.1 Å². The third kappa shape index (κ3) is 3.86. The fourth-order valence-electron chi connectivity index (χ4n) is 1.87. The van der Waals surface area contributed by atoms with E-state index in [1.807, 2.05) is 0 Å². The molecule has 0 saturated carbocycles. The van der Waals surface area contributed by atoms with Gasteiger partial charge in [-0.1, -0.05) is 17.7 Å². The van der Waals surface area contributed by atoms with Crippen LogP contribution in [0.3, 0.4) is 0 Å². The molecule has 2 aromatic carbocycles. The van der Waals surface area contributed by atoms with E-state index in [2.05, 4.69) is 0 Å². The number of hydrogen-bond donors (Lipinski definition) is 1. The van der Waals surface area contributed by atoms with E-state index in [0.29, 0.717) is 27.6 Å². The van der Waals surface area contributed by atoms with Crippen LogP contribution >= 0.6 is 11.6 Å². The van der Waals surface area contributed by atoms with Crippen LogP contribution in [0.25, 0.3) is 0 Å². The maximum Gasteiger partial charge on any atom is 0.161 e. The van der Waals surface area contributed by atoms with Crippen LogP contribution in [0, 0.1) is 5.82 Å². The number of hydrogen-bond acceptors (Lipinski definition) is 3. The molecule has 0 bridgehead atoms. The summed E-state index contributed by atoms with van der Waals surface area (Å²) >= 11 is 5.84. The lowest BCUT2D eigenvalue weighted by Gasteiger charge is -2.13. The van der Waals surface area contributed by atoms with Gasteiger partial charge in [-0.2, -0.15) is 0 Å². The minimum atomic E-state index is -0.599. The Balaban J connectivity index is 2.18. The zero-order valence-corrected chi connectivity index (χ0v) is 12.5. The van der Waals surface area contributed by atoms with Crippen LogP contribution < -0.4 is 9.47 Å². The van der Waals surface area contributed by atoms with Gasteiger partial charge in [0.1, 0.15) is 12.4 Å². The summed E-state index contributed by atoms with van der Waals surface area (Å²) in [6.45, 7) is 1.70. The Hall–Kier alpha value is -1.78. The van der Waals surface area contributed by atoms with Gasteiger partial charge in [-0.05, 0) is 42.8 Å². The lowest BCUT2D eigenvalue weighted by atomic mass is 10.1. The largest absolute Gasteiger partial charge is 0.493 e. The topological polar surface area (TPSA) is 38.7 Å². The molecule has 0 aromatic heterocycles. The molecule has 0 radical (unpaired) electrons. The summed E-state index contributed by atoms with van der Waals surface area (Å²) < 4.78 is 24.4. The summed E-state index contributed by atoms with van der Waals surface area (Å²) in [6.07, 6.45) is -0.599. The van der Waals surface area contributed by atoms with E-state index in [1.54, 1.807) is 25.1 Å². The van der Waals surface area contributed by atoms with Crippen LogP contribution in [0.15, 0.2) is 36.4 Å². The minimum absolute atomic E-state index is 0.0385. The molecule has 1 atom stereocenters. The van der Waals surface area contributed by atoms with Crippen molar-refractivity contribution in [2.24, 2.45) is 0 Å². The Labute approximate surface area is 127 Å². The van der Waals surface area contributed by atoms with Gasteiger partial charge in [0.2, 0.25) is 0 Å². The molecule has 0 spiro atoms. The summed E-state index contributed by atoms with van der Waals surface area (Å²) in [5, 5.41) is 10.00. The van der Waals surface area contributed by atoms with Gasteiger partial charge >= 0.3 is 0 Å². The zero-order valence-electron chi connectivity index (χ0n) is 11.8. The standard InChI is InChI=1S/C16H16ClFO3/c1-10(19)11-3-6-15(16(8-11)20-2)21-9-12-7-13(17)4-5-14(12)18/h3-8,10,19H,9H2,1-2H3. The first kappa shape index (κ1) is 15.6. The monoisotopic (exact) mass is 310 g/mol. The van der Waals surface area contributed by atoms with E-state index < -0.39 is 6.10 Å². The van der Waals surface area contributed by atoms with Gasteiger partial charge in [-0.15, -0.1) is 0 Å². The van der Waals surface area contributed by atoms with E-state index in [-0.39, 0.29) is 12.4 Å². The lowest BCUT2D eigenvalue weighted by molar-refractivity contribution is 0.198. The second kappa shape index (κ2) is 6.78. The van der Waals surface area contributed by atoms with Crippen LogP contribution in [0.2, 0.25) is 5.02 Å². The van der Waals surface area contributed by atoms with Gasteiger partial charge in [0.25, 0.3) is 0 Å². The van der Waals surface area contributed by atoms with Crippen molar-refractivity contribution in [3.8, 4) is 11.5 Å². The summed E-state index contributed by atoms with van der Waals surface area (Å²) in [4.78, 5) is 0. The molecular weight excluding hydrogens is 295 g/mol. The van der Waals surface area contributed by atoms with Crippen molar-refractivity contribution < 1.29 is 19.0 Å². The Morgan fingerprint density at radius 1 is 1.19 bits per heavy atom. The Bertz CT molecular complexity index is 629. The second-order valence-corrected chi connectivity index (χ2v) is 5.05. The first-order valence-corrected chi connectivity index (χ1v) is 6.81. The van der Waals surface area contributed by atoms with Crippen LogP contribution in [0.4, 0.5) is 4.39 Å². The van der Waals surface area contributed by atoms with Gasteiger partial charge in [-0.3, -0.25) is 0 Å². The van der Waals surface area contributed by atoms with Crippen LogP contribution in [-0.2, 0) is 6.61 Å². The molecule has 1 unspecified atom stereocenters. The van der Waals surface area contributed by atoms with Gasteiger partial charge in [0.15, 0.2) is 11.5 Å². The van der Waals surface area contributed by atoms with Crippen molar-refractivity contribution in [1.82, 2.24) is 0 Å². The van der Waals surface area contributed by atoms with E-state index in [1.165, 1.54) is 25.3 Å². The highest BCUT2D eigenvalue weighted by Crippen LogP contribution is 2.31. The molecule has 2 aromatic rings. The first-order valence-electron chi connectivity index (χ1n) is 6.44. The number of benzene rings is 2. The number of halogens is 2. The van der Waals surface area contributed by atoms with Crippen molar-refractivity contribution in [3.63, 3.8) is 0 Å². The van der Waals surface area contributed by atoms with Crippen molar-refractivity contribution in [2.75, 3.05) is 7.11 Å². The van der Waals surface area contributed by atoms with Crippen molar-refractivity contribution in [3.05, 3.63) is 58.4 Å². The lowest BCUT2D eigenvalue weighted by Crippen LogP contribution is -2.01. The molecule has 0 aliphatic carbocycles. The van der Waals surface area contributed by atoms with E-state index in [9.17, 15) is 9.50 Å². The number of ether oxygens (including phenoxy) is 2. The Kier molecular flexibility index (Phi) is 5.04. The number of aliphatic hydroxyl groups excluding tert-OH is 1. The van der Waals surface area contributed by atoms with Gasteiger partial charge < -0.3 is 14.6 Å². The van der Waals surface area contributed by atoms with Crippen molar-refractivity contribution in [1.29, 1.82) is 0 Å².